The van der Waals surface area contributed by atoms with E-state index in [9.17, 15) is 4.79 Å². The Balaban J connectivity index is 2.12. The van der Waals surface area contributed by atoms with Crippen LogP contribution < -0.4 is 4.74 Å². The van der Waals surface area contributed by atoms with Gasteiger partial charge in [0.05, 0.1) is 25.9 Å². The van der Waals surface area contributed by atoms with Gasteiger partial charge in [0.25, 0.3) is 0 Å². The highest BCUT2D eigenvalue weighted by Gasteiger charge is 2.24. The molecule has 2 atom stereocenters. The Morgan fingerprint density at radius 2 is 1.86 bits per heavy atom. The predicted octanol–water partition coefficient (Wildman–Crippen LogP) is 2.60. The summed E-state index contributed by atoms with van der Waals surface area (Å²) >= 11 is 0. The van der Waals surface area contributed by atoms with Crippen LogP contribution in [0.3, 0.4) is 0 Å². The summed E-state index contributed by atoms with van der Waals surface area (Å²) in [6.45, 7) is 10.1. The number of rotatable bonds is 4. The summed E-state index contributed by atoms with van der Waals surface area (Å²) in [5.74, 6) is 0.997. The summed E-state index contributed by atoms with van der Waals surface area (Å²) in [6, 6.07) is 3.75. The average molecular weight is 291 g/mol. The zero-order valence-electron chi connectivity index (χ0n) is 13.6. The number of Topliss-reactive ketones (excluding diaryl/α,β-unsaturated/α-hetero) is 1. The topological polar surface area (TPSA) is 38.8 Å². The molecule has 1 aliphatic heterocycles. The Morgan fingerprint density at radius 3 is 2.43 bits per heavy atom. The van der Waals surface area contributed by atoms with E-state index in [0.29, 0.717) is 6.54 Å². The lowest BCUT2D eigenvalue weighted by molar-refractivity contribution is -0.0652. The second-order valence-corrected chi connectivity index (χ2v) is 5.94. The fourth-order valence-corrected chi connectivity index (χ4v) is 3.02. The Bertz CT molecular complexity index is 517. The Morgan fingerprint density at radius 1 is 1.24 bits per heavy atom. The molecule has 1 aliphatic rings. The Hall–Kier alpha value is -1.39. The number of hydrogen-bond acceptors (Lipinski definition) is 4. The SMILES string of the molecule is COc1ccc(C(=O)CN2CC(C)OC(C)C2)c(C)c1C. The third-order valence-corrected chi connectivity index (χ3v) is 4.12. The monoisotopic (exact) mass is 291 g/mol. The molecule has 1 heterocycles. The number of methoxy groups -OCH3 is 1. The summed E-state index contributed by atoms with van der Waals surface area (Å²) in [5, 5.41) is 0. The molecule has 0 bridgehead atoms. The first kappa shape index (κ1) is 16.0. The molecule has 116 valence electrons. The summed E-state index contributed by atoms with van der Waals surface area (Å²) in [7, 11) is 1.65. The molecule has 4 nitrogen and oxygen atoms in total. The molecule has 0 amide bonds. The minimum Gasteiger partial charge on any atom is -0.496 e. The maximum atomic E-state index is 12.6. The van der Waals surface area contributed by atoms with Gasteiger partial charge in [0.1, 0.15) is 5.75 Å². The quantitative estimate of drug-likeness (QED) is 0.799. The van der Waals surface area contributed by atoms with E-state index in [0.717, 1.165) is 35.5 Å². The molecular weight excluding hydrogens is 266 g/mol. The van der Waals surface area contributed by atoms with Gasteiger partial charge in [-0.1, -0.05) is 0 Å². The van der Waals surface area contributed by atoms with Gasteiger partial charge in [-0.2, -0.15) is 0 Å². The van der Waals surface area contributed by atoms with E-state index in [1.54, 1.807) is 7.11 Å². The average Bonchev–Trinajstić information content (AvgIpc) is 2.40. The van der Waals surface area contributed by atoms with Gasteiger partial charge in [0.2, 0.25) is 0 Å². The van der Waals surface area contributed by atoms with E-state index in [1.165, 1.54) is 0 Å². The zero-order valence-corrected chi connectivity index (χ0v) is 13.6. The van der Waals surface area contributed by atoms with Crippen molar-refractivity contribution in [3.05, 3.63) is 28.8 Å². The van der Waals surface area contributed by atoms with Crippen molar-refractivity contribution in [2.75, 3.05) is 26.7 Å². The van der Waals surface area contributed by atoms with Crippen LogP contribution in [0.4, 0.5) is 0 Å². The Kier molecular flexibility index (Phi) is 5.01. The van der Waals surface area contributed by atoms with Crippen molar-refractivity contribution in [2.24, 2.45) is 0 Å². The highest BCUT2D eigenvalue weighted by molar-refractivity contribution is 5.99. The molecule has 0 aliphatic carbocycles. The lowest BCUT2D eigenvalue weighted by atomic mass is 9.98. The number of nitrogens with zero attached hydrogens (tertiary/aromatic N) is 1. The van der Waals surface area contributed by atoms with Crippen molar-refractivity contribution in [3.8, 4) is 5.75 Å². The fourth-order valence-electron chi connectivity index (χ4n) is 3.02. The van der Waals surface area contributed by atoms with Crippen LogP contribution >= 0.6 is 0 Å². The molecule has 0 saturated carbocycles. The maximum Gasteiger partial charge on any atom is 0.177 e. The lowest BCUT2D eigenvalue weighted by Gasteiger charge is -2.34. The van der Waals surface area contributed by atoms with Gasteiger partial charge in [0.15, 0.2) is 5.78 Å². The molecule has 4 heteroatoms. The molecule has 1 aromatic rings. The number of ketones is 1. The molecule has 2 unspecified atom stereocenters. The van der Waals surface area contributed by atoms with E-state index in [1.807, 2.05) is 26.0 Å². The third-order valence-electron chi connectivity index (χ3n) is 4.12. The first-order valence-corrected chi connectivity index (χ1v) is 7.47. The van der Waals surface area contributed by atoms with Crippen molar-refractivity contribution >= 4 is 5.78 Å². The van der Waals surface area contributed by atoms with Gasteiger partial charge in [-0.05, 0) is 51.0 Å². The first-order valence-electron chi connectivity index (χ1n) is 7.47. The maximum absolute atomic E-state index is 12.6. The largest absolute Gasteiger partial charge is 0.496 e. The van der Waals surface area contributed by atoms with Crippen molar-refractivity contribution in [3.63, 3.8) is 0 Å². The summed E-state index contributed by atoms with van der Waals surface area (Å²) in [5.41, 5.74) is 2.83. The van der Waals surface area contributed by atoms with Crippen molar-refractivity contribution in [1.29, 1.82) is 0 Å². The van der Waals surface area contributed by atoms with Crippen LogP contribution in [0.15, 0.2) is 12.1 Å². The third kappa shape index (κ3) is 3.63. The number of ether oxygens (including phenoxy) is 2. The van der Waals surface area contributed by atoms with Crippen LogP contribution in [0.5, 0.6) is 5.75 Å². The minimum absolute atomic E-state index is 0.166. The second kappa shape index (κ2) is 6.58. The summed E-state index contributed by atoms with van der Waals surface area (Å²) < 4.78 is 11.0. The summed E-state index contributed by atoms with van der Waals surface area (Å²) in [6.07, 6.45) is 0.362. The number of benzene rings is 1. The van der Waals surface area contributed by atoms with Crippen LogP contribution in [0, 0.1) is 13.8 Å². The standard InChI is InChI=1S/C17H25NO3/c1-11-8-18(9-12(2)21-11)10-16(19)15-6-7-17(20-5)14(4)13(15)3/h6-7,11-12H,8-10H2,1-5H3. The smallest absolute Gasteiger partial charge is 0.177 e. The van der Waals surface area contributed by atoms with E-state index < -0.39 is 0 Å². The van der Waals surface area contributed by atoms with Gasteiger partial charge < -0.3 is 9.47 Å². The van der Waals surface area contributed by atoms with Crippen LogP contribution in [0.2, 0.25) is 0 Å². The molecule has 0 N–H and O–H groups in total. The fraction of sp³-hybridized carbons (Fsp3) is 0.588. The molecule has 1 saturated heterocycles. The predicted molar refractivity (Wildman–Crippen MR) is 83.2 cm³/mol. The first-order chi connectivity index (χ1) is 9.92. The van der Waals surface area contributed by atoms with Crippen LogP contribution in [-0.4, -0.2) is 49.6 Å². The van der Waals surface area contributed by atoms with Crippen molar-refractivity contribution in [1.82, 2.24) is 4.90 Å². The highest BCUT2D eigenvalue weighted by Crippen LogP contribution is 2.24. The molecular formula is C17H25NO3. The van der Waals surface area contributed by atoms with Gasteiger partial charge in [-0.3, -0.25) is 9.69 Å². The molecule has 0 aromatic heterocycles. The van der Waals surface area contributed by atoms with Crippen LogP contribution in [0.25, 0.3) is 0 Å². The van der Waals surface area contributed by atoms with Gasteiger partial charge >= 0.3 is 0 Å². The Labute approximate surface area is 127 Å². The minimum atomic E-state index is 0.166. The summed E-state index contributed by atoms with van der Waals surface area (Å²) in [4.78, 5) is 14.8. The van der Waals surface area contributed by atoms with Gasteiger partial charge in [-0.15, -0.1) is 0 Å². The molecule has 21 heavy (non-hydrogen) atoms. The highest BCUT2D eigenvalue weighted by atomic mass is 16.5. The molecule has 1 fully saturated rings. The molecule has 0 radical (unpaired) electrons. The van der Waals surface area contributed by atoms with Crippen LogP contribution in [0.1, 0.15) is 35.3 Å². The number of carbonyl (C=O) groups is 1. The van der Waals surface area contributed by atoms with Crippen molar-refractivity contribution < 1.29 is 14.3 Å². The van der Waals surface area contributed by atoms with E-state index in [2.05, 4.69) is 18.7 Å². The van der Waals surface area contributed by atoms with Crippen molar-refractivity contribution in [2.45, 2.75) is 39.9 Å². The second-order valence-electron chi connectivity index (χ2n) is 5.94. The van der Waals surface area contributed by atoms with Gasteiger partial charge in [-0.25, -0.2) is 0 Å². The lowest BCUT2D eigenvalue weighted by Crippen LogP contribution is -2.47. The van der Waals surface area contributed by atoms with E-state index in [-0.39, 0.29) is 18.0 Å². The number of carbonyl (C=O) groups excluding carboxylic acids is 1. The molecule has 0 spiro atoms. The molecule has 2 rings (SSSR count). The number of hydrogen-bond donors (Lipinski definition) is 0. The van der Waals surface area contributed by atoms with Gasteiger partial charge in [0, 0.05) is 18.7 Å². The normalized spacial score (nSPS) is 23.1. The van der Waals surface area contributed by atoms with E-state index in [4.69, 9.17) is 9.47 Å². The van der Waals surface area contributed by atoms with E-state index >= 15 is 0 Å². The number of morpholine rings is 1. The van der Waals surface area contributed by atoms with Crippen LogP contribution in [-0.2, 0) is 4.74 Å². The zero-order chi connectivity index (χ0) is 15.6. The molecule has 1 aromatic carbocycles.